The van der Waals surface area contributed by atoms with E-state index in [9.17, 15) is 8.42 Å². The van der Waals surface area contributed by atoms with Gasteiger partial charge in [-0.15, -0.1) is 0 Å². The van der Waals surface area contributed by atoms with E-state index < -0.39 is 10.0 Å². The second kappa shape index (κ2) is 4.62. The molecule has 0 fully saturated rings. The van der Waals surface area contributed by atoms with Crippen LogP contribution in [0.1, 0.15) is 5.56 Å². The highest BCUT2D eigenvalue weighted by atomic mass is 79.9. The Kier molecular flexibility index (Phi) is 3.31. The number of sulfonamides is 1. The fourth-order valence-electron chi connectivity index (χ4n) is 1.44. The van der Waals surface area contributed by atoms with Gasteiger partial charge in [-0.25, -0.2) is 8.42 Å². The number of nitrogens with zero attached hydrogens (tertiary/aromatic N) is 1. The molecule has 1 aromatic heterocycles. The maximum atomic E-state index is 12.1. The van der Waals surface area contributed by atoms with Crippen LogP contribution in [0, 0.1) is 6.92 Å². The first kappa shape index (κ1) is 12.9. The number of halogens is 1. The molecule has 0 aliphatic carbocycles. The van der Waals surface area contributed by atoms with Crippen LogP contribution in [0.15, 0.2) is 33.8 Å². The van der Waals surface area contributed by atoms with Gasteiger partial charge >= 0.3 is 0 Å². The molecule has 0 saturated carbocycles. The van der Waals surface area contributed by atoms with Gasteiger partial charge in [0, 0.05) is 4.47 Å². The lowest BCUT2D eigenvalue weighted by Gasteiger charge is -2.09. The molecule has 1 heterocycles. The van der Waals surface area contributed by atoms with Crippen LogP contribution in [0.5, 0.6) is 0 Å². The van der Waals surface area contributed by atoms with Crippen molar-refractivity contribution < 1.29 is 8.42 Å². The predicted molar refractivity (Wildman–Crippen MR) is 72.7 cm³/mol. The summed E-state index contributed by atoms with van der Waals surface area (Å²) in [6.45, 7) is 1.81. The van der Waals surface area contributed by atoms with Crippen molar-refractivity contribution in [3.05, 3.63) is 34.4 Å². The first-order chi connectivity index (χ1) is 8.40. The van der Waals surface area contributed by atoms with Crippen molar-refractivity contribution in [1.29, 1.82) is 0 Å². The molecular formula is C10H11BrN4O2S. The number of nitrogens with one attached hydrogen (secondary N) is 2. The van der Waals surface area contributed by atoms with Gasteiger partial charge < -0.3 is 5.73 Å². The van der Waals surface area contributed by atoms with E-state index in [0.717, 1.165) is 10.0 Å². The predicted octanol–water partition coefficient (Wildman–Crippen LogP) is 1.86. The molecule has 0 aliphatic rings. The fourth-order valence-corrected chi connectivity index (χ4v) is 3.07. The van der Waals surface area contributed by atoms with Gasteiger partial charge in [0.15, 0.2) is 0 Å². The highest BCUT2D eigenvalue weighted by Gasteiger charge is 2.20. The lowest BCUT2D eigenvalue weighted by molar-refractivity contribution is 0.601. The maximum absolute atomic E-state index is 12.1. The lowest BCUT2D eigenvalue weighted by atomic mass is 10.2. The van der Waals surface area contributed by atoms with Crippen LogP contribution in [-0.4, -0.2) is 18.6 Å². The Morgan fingerprint density at radius 3 is 2.72 bits per heavy atom. The molecule has 1 aromatic carbocycles. The molecule has 0 saturated heterocycles. The van der Waals surface area contributed by atoms with E-state index in [4.69, 9.17) is 5.73 Å². The molecule has 8 heteroatoms. The summed E-state index contributed by atoms with van der Waals surface area (Å²) in [6.07, 6.45) is 1.17. The van der Waals surface area contributed by atoms with Gasteiger partial charge in [-0.2, -0.15) is 5.10 Å². The SMILES string of the molecule is Cc1cc(Br)ccc1NS(=O)(=O)c1cn[nH]c1N. The van der Waals surface area contributed by atoms with E-state index in [-0.39, 0.29) is 10.7 Å². The Balaban J connectivity index is 2.37. The summed E-state index contributed by atoms with van der Waals surface area (Å²) in [6, 6.07) is 5.24. The lowest BCUT2D eigenvalue weighted by Crippen LogP contribution is -2.14. The van der Waals surface area contributed by atoms with Crippen molar-refractivity contribution in [1.82, 2.24) is 10.2 Å². The average Bonchev–Trinajstić information content (AvgIpc) is 2.69. The third kappa shape index (κ3) is 2.49. The average molecular weight is 331 g/mol. The summed E-state index contributed by atoms with van der Waals surface area (Å²) in [4.78, 5) is -0.0650. The summed E-state index contributed by atoms with van der Waals surface area (Å²) in [5.74, 6) is 0.0114. The number of benzene rings is 1. The van der Waals surface area contributed by atoms with Gasteiger partial charge in [-0.1, -0.05) is 15.9 Å². The second-order valence-electron chi connectivity index (χ2n) is 3.71. The van der Waals surface area contributed by atoms with E-state index >= 15 is 0 Å². The molecule has 0 amide bonds. The summed E-state index contributed by atoms with van der Waals surface area (Å²) in [5.41, 5.74) is 6.80. The first-order valence-corrected chi connectivity index (χ1v) is 7.25. The largest absolute Gasteiger partial charge is 0.383 e. The van der Waals surface area contributed by atoms with Crippen LogP contribution < -0.4 is 10.5 Å². The number of hydrogen-bond donors (Lipinski definition) is 3. The summed E-state index contributed by atoms with van der Waals surface area (Å²) < 4.78 is 27.5. The van der Waals surface area contributed by atoms with Gasteiger partial charge in [-0.05, 0) is 30.7 Å². The number of nitrogens with two attached hydrogens (primary N) is 1. The standard InChI is InChI=1S/C10H11BrN4O2S/c1-6-4-7(11)2-3-8(6)15-18(16,17)9-5-13-14-10(9)12/h2-5,15H,1H3,(H3,12,13,14). The Morgan fingerprint density at radius 1 is 1.44 bits per heavy atom. The van der Waals surface area contributed by atoms with Crippen molar-refractivity contribution >= 4 is 37.5 Å². The van der Waals surface area contributed by atoms with Crippen LogP contribution in [0.3, 0.4) is 0 Å². The van der Waals surface area contributed by atoms with Crippen molar-refractivity contribution in [2.75, 3.05) is 10.5 Å². The molecule has 0 atom stereocenters. The minimum Gasteiger partial charge on any atom is -0.383 e. The first-order valence-electron chi connectivity index (χ1n) is 4.98. The molecule has 0 spiro atoms. The van der Waals surface area contributed by atoms with Crippen molar-refractivity contribution in [3.63, 3.8) is 0 Å². The zero-order valence-corrected chi connectivity index (χ0v) is 11.8. The number of rotatable bonds is 3. The van der Waals surface area contributed by atoms with E-state index in [0.29, 0.717) is 5.69 Å². The van der Waals surface area contributed by atoms with Crippen LogP contribution in [0.2, 0.25) is 0 Å². The van der Waals surface area contributed by atoms with Gasteiger partial charge in [0.05, 0.1) is 11.9 Å². The topological polar surface area (TPSA) is 101 Å². The van der Waals surface area contributed by atoms with Gasteiger partial charge in [0.1, 0.15) is 10.7 Å². The highest BCUT2D eigenvalue weighted by Crippen LogP contribution is 2.24. The number of aromatic amines is 1. The van der Waals surface area contributed by atoms with Gasteiger partial charge in [0.2, 0.25) is 0 Å². The number of nitrogen functional groups attached to an aromatic ring is 1. The molecule has 0 radical (unpaired) electrons. The Bertz CT molecular complexity index is 681. The zero-order chi connectivity index (χ0) is 13.3. The summed E-state index contributed by atoms with van der Waals surface area (Å²) in [7, 11) is -3.72. The van der Waals surface area contributed by atoms with Crippen LogP contribution in [0.25, 0.3) is 0 Å². The molecule has 2 aromatic rings. The van der Waals surface area contributed by atoms with E-state index in [1.807, 2.05) is 6.07 Å². The molecule has 0 bridgehead atoms. The van der Waals surface area contributed by atoms with E-state index in [1.54, 1.807) is 19.1 Å². The van der Waals surface area contributed by atoms with Crippen LogP contribution >= 0.6 is 15.9 Å². The molecule has 96 valence electrons. The molecule has 6 nitrogen and oxygen atoms in total. The van der Waals surface area contributed by atoms with Gasteiger partial charge in [-0.3, -0.25) is 9.82 Å². The monoisotopic (exact) mass is 330 g/mol. The molecule has 4 N–H and O–H groups in total. The number of H-pyrrole nitrogens is 1. The summed E-state index contributed by atoms with van der Waals surface area (Å²) in [5, 5.41) is 5.97. The van der Waals surface area contributed by atoms with Crippen molar-refractivity contribution in [2.45, 2.75) is 11.8 Å². The number of anilines is 2. The molecular weight excluding hydrogens is 320 g/mol. The number of aromatic nitrogens is 2. The Morgan fingerprint density at radius 2 is 2.17 bits per heavy atom. The van der Waals surface area contributed by atoms with Crippen molar-refractivity contribution in [2.24, 2.45) is 0 Å². The fraction of sp³-hybridized carbons (Fsp3) is 0.100. The third-order valence-corrected chi connectivity index (χ3v) is 4.24. The van der Waals surface area contributed by atoms with Crippen LogP contribution in [0.4, 0.5) is 11.5 Å². The maximum Gasteiger partial charge on any atom is 0.267 e. The van der Waals surface area contributed by atoms with Crippen LogP contribution in [-0.2, 0) is 10.0 Å². The molecule has 2 rings (SSSR count). The second-order valence-corrected chi connectivity index (χ2v) is 6.28. The Labute approximate surface area is 113 Å². The number of aryl methyl sites for hydroxylation is 1. The van der Waals surface area contributed by atoms with E-state index in [1.165, 1.54) is 6.20 Å². The number of hydrogen-bond acceptors (Lipinski definition) is 4. The normalized spacial score (nSPS) is 11.4. The quantitative estimate of drug-likeness (QED) is 0.799. The smallest absolute Gasteiger partial charge is 0.267 e. The highest BCUT2D eigenvalue weighted by molar-refractivity contribution is 9.10. The minimum absolute atomic E-state index is 0.0114. The third-order valence-electron chi connectivity index (χ3n) is 2.35. The minimum atomic E-state index is -3.72. The molecule has 0 aliphatic heterocycles. The summed E-state index contributed by atoms with van der Waals surface area (Å²) >= 11 is 3.31. The Hall–Kier alpha value is -1.54. The molecule has 18 heavy (non-hydrogen) atoms. The van der Waals surface area contributed by atoms with E-state index in [2.05, 4.69) is 30.8 Å². The molecule has 0 unspecified atom stereocenters. The zero-order valence-electron chi connectivity index (χ0n) is 9.44. The van der Waals surface area contributed by atoms with Gasteiger partial charge in [0.25, 0.3) is 10.0 Å². The van der Waals surface area contributed by atoms with Crippen molar-refractivity contribution in [3.8, 4) is 0 Å².